The van der Waals surface area contributed by atoms with Crippen LogP contribution in [0, 0.1) is 0 Å². The molecule has 0 aromatic heterocycles. The lowest BCUT2D eigenvalue weighted by Crippen LogP contribution is -2.16. The van der Waals surface area contributed by atoms with E-state index in [4.69, 9.17) is 4.74 Å². The predicted octanol–water partition coefficient (Wildman–Crippen LogP) is 4.85. The molecule has 1 aliphatic rings. The smallest absolute Gasteiger partial charge is 0.416 e. The summed E-state index contributed by atoms with van der Waals surface area (Å²) in [4.78, 5) is 0. The van der Waals surface area contributed by atoms with Gasteiger partial charge in [-0.15, -0.1) is 0 Å². The van der Waals surface area contributed by atoms with Crippen LogP contribution in [0.3, 0.4) is 0 Å². The van der Waals surface area contributed by atoms with E-state index >= 15 is 0 Å². The maximum Gasteiger partial charge on any atom is 0.416 e. The van der Waals surface area contributed by atoms with Gasteiger partial charge in [-0.3, -0.25) is 0 Å². The van der Waals surface area contributed by atoms with Crippen LogP contribution >= 0.6 is 0 Å². The Bertz CT molecular complexity index is 659. The van der Waals surface area contributed by atoms with Gasteiger partial charge in [-0.1, -0.05) is 42.5 Å². The second-order valence-corrected chi connectivity index (χ2v) is 4.52. The van der Waals surface area contributed by atoms with E-state index in [9.17, 15) is 13.2 Å². The van der Waals surface area contributed by atoms with E-state index < -0.39 is 17.8 Å². The molecule has 1 nitrogen and oxygen atoms in total. The van der Waals surface area contributed by atoms with Gasteiger partial charge in [-0.25, -0.2) is 0 Å². The van der Waals surface area contributed by atoms with Gasteiger partial charge in [0.25, 0.3) is 0 Å². The van der Waals surface area contributed by atoms with Crippen molar-refractivity contribution in [2.75, 3.05) is 0 Å². The number of ether oxygens (including phenoxy) is 1. The molecule has 3 rings (SSSR count). The third-order valence-electron chi connectivity index (χ3n) is 3.20. The molecule has 2 aromatic carbocycles. The molecule has 0 fully saturated rings. The van der Waals surface area contributed by atoms with Gasteiger partial charge in [-0.05, 0) is 18.2 Å². The lowest BCUT2D eigenvalue weighted by molar-refractivity contribution is -0.138. The molecule has 0 bridgehead atoms. The first-order valence-electron chi connectivity index (χ1n) is 6.16. The average Bonchev–Trinajstić information content (AvgIpc) is 2.46. The summed E-state index contributed by atoms with van der Waals surface area (Å²) in [5, 5.41) is 0. The van der Waals surface area contributed by atoms with Crippen LogP contribution in [0.1, 0.15) is 22.8 Å². The standard InChI is InChI=1S/C16H11F3O/c17-16(18,19)13-7-3-2-6-12(13)15-10-9-11-5-1-4-8-14(11)20-15/h1-10,15H. The molecule has 0 radical (unpaired) electrons. The number of halogens is 3. The zero-order valence-corrected chi connectivity index (χ0v) is 10.4. The zero-order valence-electron chi connectivity index (χ0n) is 10.4. The van der Waals surface area contributed by atoms with Crippen LogP contribution in [0.25, 0.3) is 6.08 Å². The van der Waals surface area contributed by atoms with Crippen molar-refractivity contribution in [1.29, 1.82) is 0 Å². The van der Waals surface area contributed by atoms with Crippen molar-refractivity contribution in [2.24, 2.45) is 0 Å². The molecule has 1 aliphatic heterocycles. The number of fused-ring (bicyclic) bond motifs is 1. The molecule has 0 spiro atoms. The molecule has 0 N–H and O–H groups in total. The number of hydrogen-bond donors (Lipinski definition) is 0. The van der Waals surface area contributed by atoms with Crippen molar-refractivity contribution in [1.82, 2.24) is 0 Å². The second-order valence-electron chi connectivity index (χ2n) is 4.52. The first-order valence-corrected chi connectivity index (χ1v) is 6.16. The molecule has 0 saturated heterocycles. The fraction of sp³-hybridized carbons (Fsp3) is 0.125. The number of para-hydroxylation sites is 1. The molecule has 0 amide bonds. The van der Waals surface area contributed by atoms with Crippen molar-refractivity contribution in [3.63, 3.8) is 0 Å². The van der Waals surface area contributed by atoms with E-state index in [0.29, 0.717) is 5.75 Å². The summed E-state index contributed by atoms with van der Waals surface area (Å²) in [5.41, 5.74) is 0.341. The number of rotatable bonds is 1. The van der Waals surface area contributed by atoms with Crippen molar-refractivity contribution < 1.29 is 17.9 Å². The Kier molecular flexibility index (Phi) is 3.01. The van der Waals surface area contributed by atoms with E-state index in [1.54, 1.807) is 30.4 Å². The highest BCUT2D eigenvalue weighted by molar-refractivity contribution is 5.60. The summed E-state index contributed by atoms with van der Waals surface area (Å²) in [6.45, 7) is 0. The van der Waals surface area contributed by atoms with E-state index in [2.05, 4.69) is 0 Å². The van der Waals surface area contributed by atoms with E-state index in [1.165, 1.54) is 12.1 Å². The fourth-order valence-corrected chi connectivity index (χ4v) is 2.26. The topological polar surface area (TPSA) is 9.23 Å². The summed E-state index contributed by atoms with van der Waals surface area (Å²) in [6, 6.07) is 12.8. The Labute approximate surface area is 114 Å². The minimum absolute atomic E-state index is 0.130. The first kappa shape index (κ1) is 12.8. The Morgan fingerprint density at radius 3 is 2.40 bits per heavy atom. The molecule has 20 heavy (non-hydrogen) atoms. The zero-order chi connectivity index (χ0) is 14.2. The summed E-state index contributed by atoms with van der Waals surface area (Å²) in [7, 11) is 0. The molecule has 102 valence electrons. The largest absolute Gasteiger partial charge is 0.481 e. The third-order valence-corrected chi connectivity index (χ3v) is 3.20. The fourth-order valence-electron chi connectivity index (χ4n) is 2.26. The Morgan fingerprint density at radius 2 is 1.60 bits per heavy atom. The van der Waals surface area contributed by atoms with Crippen LogP contribution in [0.2, 0.25) is 0 Å². The highest BCUT2D eigenvalue weighted by Gasteiger charge is 2.35. The number of benzene rings is 2. The van der Waals surface area contributed by atoms with Gasteiger partial charge < -0.3 is 4.74 Å². The van der Waals surface area contributed by atoms with E-state index in [-0.39, 0.29) is 5.56 Å². The van der Waals surface area contributed by atoms with Gasteiger partial charge in [0, 0.05) is 11.1 Å². The van der Waals surface area contributed by atoms with Gasteiger partial charge in [0.2, 0.25) is 0 Å². The maximum absolute atomic E-state index is 13.0. The number of alkyl halides is 3. The summed E-state index contributed by atoms with van der Waals surface area (Å²) < 4.78 is 44.7. The monoisotopic (exact) mass is 276 g/mol. The number of hydrogen-bond acceptors (Lipinski definition) is 1. The second kappa shape index (κ2) is 4.71. The summed E-state index contributed by atoms with van der Waals surface area (Å²) in [6.07, 6.45) is -1.67. The average molecular weight is 276 g/mol. The van der Waals surface area contributed by atoms with Crippen LogP contribution < -0.4 is 4.74 Å². The van der Waals surface area contributed by atoms with Gasteiger partial charge in [-0.2, -0.15) is 13.2 Å². The van der Waals surface area contributed by atoms with Gasteiger partial charge in [0.15, 0.2) is 0 Å². The maximum atomic E-state index is 13.0. The van der Waals surface area contributed by atoms with Gasteiger partial charge >= 0.3 is 6.18 Å². The molecular formula is C16H11F3O. The quantitative estimate of drug-likeness (QED) is 0.723. The predicted molar refractivity (Wildman–Crippen MR) is 70.3 cm³/mol. The minimum Gasteiger partial charge on any atom is -0.481 e. The van der Waals surface area contributed by atoms with Crippen LogP contribution in [-0.2, 0) is 6.18 Å². The van der Waals surface area contributed by atoms with Crippen LogP contribution in [-0.4, -0.2) is 0 Å². The van der Waals surface area contributed by atoms with Gasteiger partial charge in [0.05, 0.1) is 5.56 Å². The molecule has 0 aliphatic carbocycles. The van der Waals surface area contributed by atoms with Crippen LogP contribution in [0.5, 0.6) is 5.75 Å². The van der Waals surface area contributed by atoms with E-state index in [1.807, 2.05) is 12.1 Å². The third kappa shape index (κ3) is 2.29. The molecule has 1 atom stereocenters. The Hall–Kier alpha value is -2.23. The van der Waals surface area contributed by atoms with Crippen molar-refractivity contribution >= 4 is 6.08 Å². The lowest BCUT2D eigenvalue weighted by atomic mass is 9.99. The molecule has 1 unspecified atom stereocenters. The Morgan fingerprint density at radius 1 is 0.900 bits per heavy atom. The summed E-state index contributed by atoms with van der Waals surface area (Å²) in [5.74, 6) is 0.594. The molecule has 1 heterocycles. The molecular weight excluding hydrogens is 265 g/mol. The summed E-state index contributed by atoms with van der Waals surface area (Å²) >= 11 is 0. The van der Waals surface area contributed by atoms with Crippen LogP contribution in [0.15, 0.2) is 54.6 Å². The highest BCUT2D eigenvalue weighted by Crippen LogP contribution is 2.39. The normalized spacial score (nSPS) is 17.4. The molecule has 0 saturated carbocycles. The van der Waals surface area contributed by atoms with Crippen molar-refractivity contribution in [3.05, 3.63) is 71.3 Å². The molecule has 4 heteroatoms. The van der Waals surface area contributed by atoms with Gasteiger partial charge in [0.1, 0.15) is 11.9 Å². The lowest BCUT2D eigenvalue weighted by Gasteiger charge is -2.24. The van der Waals surface area contributed by atoms with Crippen LogP contribution in [0.4, 0.5) is 13.2 Å². The Balaban J connectivity index is 2.01. The SMILES string of the molecule is FC(F)(F)c1ccccc1C1C=Cc2ccccc2O1. The first-order chi connectivity index (χ1) is 9.55. The minimum atomic E-state index is -4.38. The van der Waals surface area contributed by atoms with Crippen molar-refractivity contribution in [3.8, 4) is 5.75 Å². The van der Waals surface area contributed by atoms with E-state index in [0.717, 1.165) is 11.6 Å². The van der Waals surface area contributed by atoms with Crippen molar-refractivity contribution in [2.45, 2.75) is 12.3 Å². The molecule has 2 aromatic rings. The highest BCUT2D eigenvalue weighted by atomic mass is 19.4.